The summed E-state index contributed by atoms with van der Waals surface area (Å²) in [6.07, 6.45) is -0.345. The molecule has 2 fully saturated rings. The van der Waals surface area contributed by atoms with Crippen molar-refractivity contribution >= 4 is 23.8 Å². The van der Waals surface area contributed by atoms with Gasteiger partial charge < -0.3 is 9.47 Å². The minimum Gasteiger partial charge on any atom is -0.444 e. The molecule has 7 nitrogen and oxygen atoms in total. The lowest BCUT2D eigenvalue weighted by molar-refractivity contribution is -0.123. The Bertz CT molecular complexity index is 752. The lowest BCUT2D eigenvalue weighted by Gasteiger charge is -2.29. The van der Waals surface area contributed by atoms with Crippen LogP contribution in [0.3, 0.4) is 0 Å². The van der Waals surface area contributed by atoms with Crippen molar-refractivity contribution in [2.24, 2.45) is 5.92 Å². The van der Waals surface area contributed by atoms with Gasteiger partial charge >= 0.3 is 6.09 Å². The smallest absolute Gasteiger partial charge is 0.414 e. The summed E-state index contributed by atoms with van der Waals surface area (Å²) < 4.78 is 11.4. The van der Waals surface area contributed by atoms with Gasteiger partial charge in [-0.3, -0.25) is 20.7 Å². The average Bonchev–Trinajstić information content (AvgIpc) is 3.34. The van der Waals surface area contributed by atoms with Crippen LogP contribution in [0.25, 0.3) is 0 Å². The fourth-order valence-electron chi connectivity index (χ4n) is 3.67. The second kappa shape index (κ2) is 9.26. The van der Waals surface area contributed by atoms with Crippen molar-refractivity contribution in [2.45, 2.75) is 69.9 Å². The maximum absolute atomic E-state index is 13.0. The maximum atomic E-state index is 13.0. The standard InChI is InChI=1S/C22H33N3O4S/c1-14(2)13-16(18(26)24-20(27)29-21(3,4)5)25-22-17(15-9-7-6-8-10-15)30-12-11-23-19(22)28-22/h6-10,14,16-17,19,23,25H,11-13H2,1-5H3,(H,24,26,27)/t16-,17?,19?,22?/m0/s1. The van der Waals surface area contributed by atoms with Crippen molar-refractivity contribution in [3.05, 3.63) is 35.9 Å². The van der Waals surface area contributed by atoms with Gasteiger partial charge in [0.25, 0.3) is 0 Å². The molecule has 1 aromatic rings. The predicted octanol–water partition coefficient (Wildman–Crippen LogP) is 3.17. The van der Waals surface area contributed by atoms with Gasteiger partial charge in [-0.2, -0.15) is 0 Å². The third kappa shape index (κ3) is 5.75. The van der Waals surface area contributed by atoms with Crippen molar-refractivity contribution in [1.29, 1.82) is 0 Å². The Morgan fingerprint density at radius 2 is 2.00 bits per heavy atom. The van der Waals surface area contributed by atoms with E-state index in [1.807, 2.05) is 32.0 Å². The molecule has 2 amide bonds. The van der Waals surface area contributed by atoms with Gasteiger partial charge in [0.05, 0.1) is 11.3 Å². The van der Waals surface area contributed by atoms with Crippen LogP contribution < -0.4 is 16.0 Å². The first kappa shape index (κ1) is 23.1. The van der Waals surface area contributed by atoms with E-state index in [2.05, 4.69) is 28.1 Å². The Labute approximate surface area is 183 Å². The highest BCUT2D eigenvalue weighted by molar-refractivity contribution is 7.99. The number of alkyl carbamates (subject to hydrolysis) is 1. The van der Waals surface area contributed by atoms with Crippen molar-refractivity contribution in [2.75, 3.05) is 12.3 Å². The SMILES string of the molecule is CC(C)C[C@H](NC12OC1NCCSC2c1ccccc1)C(=O)NC(=O)OC(C)(C)C. The molecule has 0 aliphatic carbocycles. The molecule has 166 valence electrons. The molecular formula is C22H33N3O4S. The number of nitrogens with one attached hydrogen (secondary N) is 3. The highest BCUT2D eigenvalue weighted by Crippen LogP contribution is 2.52. The van der Waals surface area contributed by atoms with Gasteiger partial charge in [0, 0.05) is 12.3 Å². The fraction of sp³-hybridized carbons (Fsp3) is 0.636. The number of benzene rings is 1. The first-order valence-corrected chi connectivity index (χ1v) is 11.5. The van der Waals surface area contributed by atoms with Crippen LogP contribution in [0.4, 0.5) is 4.79 Å². The molecule has 3 N–H and O–H groups in total. The molecule has 0 saturated carbocycles. The lowest BCUT2D eigenvalue weighted by atomic mass is 9.99. The quantitative estimate of drug-likeness (QED) is 0.591. The normalized spacial score (nSPS) is 27.0. The number of carbonyl (C=O) groups excluding carboxylic acids is 2. The zero-order valence-corrected chi connectivity index (χ0v) is 19.2. The first-order valence-electron chi connectivity index (χ1n) is 10.5. The van der Waals surface area contributed by atoms with Crippen LogP contribution in [-0.4, -0.2) is 47.9 Å². The Hall–Kier alpha value is -1.61. The van der Waals surface area contributed by atoms with E-state index >= 15 is 0 Å². The number of rotatable bonds is 6. The van der Waals surface area contributed by atoms with E-state index in [1.54, 1.807) is 32.5 Å². The van der Waals surface area contributed by atoms with Gasteiger partial charge in [0.15, 0.2) is 12.0 Å². The summed E-state index contributed by atoms with van der Waals surface area (Å²) in [7, 11) is 0. The first-order chi connectivity index (χ1) is 14.1. The molecule has 4 atom stereocenters. The summed E-state index contributed by atoms with van der Waals surface area (Å²) >= 11 is 1.81. The van der Waals surface area contributed by atoms with Gasteiger partial charge in [-0.25, -0.2) is 4.79 Å². The Balaban J connectivity index is 1.79. The van der Waals surface area contributed by atoms with Gasteiger partial charge in [-0.15, -0.1) is 11.8 Å². The zero-order valence-electron chi connectivity index (χ0n) is 18.4. The van der Waals surface area contributed by atoms with Gasteiger partial charge in [-0.05, 0) is 38.7 Å². The van der Waals surface area contributed by atoms with E-state index in [9.17, 15) is 9.59 Å². The van der Waals surface area contributed by atoms with E-state index < -0.39 is 29.4 Å². The number of hydrogen-bond acceptors (Lipinski definition) is 7. The highest BCUT2D eigenvalue weighted by atomic mass is 32.2. The minimum atomic E-state index is -0.734. The molecule has 0 bridgehead atoms. The molecule has 3 unspecified atom stereocenters. The zero-order chi connectivity index (χ0) is 21.9. The number of ether oxygens (including phenoxy) is 2. The third-order valence-electron chi connectivity index (χ3n) is 4.90. The second-order valence-corrected chi connectivity index (χ2v) is 10.4. The minimum absolute atomic E-state index is 0.0303. The van der Waals surface area contributed by atoms with E-state index in [0.717, 1.165) is 17.9 Å². The monoisotopic (exact) mass is 435 g/mol. The summed E-state index contributed by atoms with van der Waals surface area (Å²) in [5, 5.41) is 9.29. The largest absolute Gasteiger partial charge is 0.444 e. The van der Waals surface area contributed by atoms with Crippen LogP contribution >= 0.6 is 11.8 Å². The van der Waals surface area contributed by atoms with Crippen LogP contribution in [0.5, 0.6) is 0 Å². The highest BCUT2D eigenvalue weighted by Gasteiger charge is 2.64. The molecule has 0 radical (unpaired) electrons. The number of epoxide rings is 1. The Kier molecular flexibility index (Phi) is 7.12. The molecule has 0 aromatic heterocycles. The number of carbonyl (C=O) groups is 2. The molecule has 2 aliphatic heterocycles. The number of imide groups is 1. The van der Waals surface area contributed by atoms with Gasteiger partial charge in [0.1, 0.15) is 5.60 Å². The summed E-state index contributed by atoms with van der Waals surface area (Å²) in [6, 6.07) is 9.60. The number of thioether (sulfide) groups is 1. The van der Waals surface area contributed by atoms with Crippen molar-refractivity contribution in [3.63, 3.8) is 0 Å². The van der Waals surface area contributed by atoms with Crippen LogP contribution in [0.15, 0.2) is 30.3 Å². The topological polar surface area (TPSA) is 92.0 Å². The maximum Gasteiger partial charge on any atom is 0.414 e. The van der Waals surface area contributed by atoms with Crippen LogP contribution in [-0.2, 0) is 14.3 Å². The predicted molar refractivity (Wildman–Crippen MR) is 118 cm³/mol. The molecule has 2 saturated heterocycles. The second-order valence-electron chi connectivity index (χ2n) is 9.22. The summed E-state index contributed by atoms with van der Waals surface area (Å²) in [5.74, 6) is 0.798. The van der Waals surface area contributed by atoms with Crippen molar-refractivity contribution in [3.8, 4) is 0 Å². The molecule has 3 rings (SSSR count). The molecule has 2 heterocycles. The molecular weight excluding hydrogens is 402 g/mol. The van der Waals surface area contributed by atoms with Crippen LogP contribution in [0.1, 0.15) is 51.9 Å². The fourth-order valence-corrected chi connectivity index (χ4v) is 4.98. The van der Waals surface area contributed by atoms with E-state index in [-0.39, 0.29) is 17.4 Å². The molecule has 30 heavy (non-hydrogen) atoms. The van der Waals surface area contributed by atoms with E-state index in [1.165, 1.54) is 0 Å². The summed E-state index contributed by atoms with van der Waals surface area (Å²) in [4.78, 5) is 25.1. The summed E-state index contributed by atoms with van der Waals surface area (Å²) in [5.41, 5.74) is -0.223. The van der Waals surface area contributed by atoms with E-state index in [0.29, 0.717) is 6.42 Å². The molecule has 2 aliphatic rings. The van der Waals surface area contributed by atoms with E-state index in [4.69, 9.17) is 9.47 Å². The average molecular weight is 436 g/mol. The van der Waals surface area contributed by atoms with Crippen molar-refractivity contribution in [1.82, 2.24) is 16.0 Å². The third-order valence-corrected chi connectivity index (χ3v) is 6.30. The molecule has 8 heteroatoms. The molecule has 1 aromatic carbocycles. The number of hydrogen-bond donors (Lipinski definition) is 3. The van der Waals surface area contributed by atoms with Gasteiger partial charge in [0.2, 0.25) is 5.91 Å². The van der Waals surface area contributed by atoms with Crippen molar-refractivity contribution < 1.29 is 19.1 Å². The number of fused-ring (bicyclic) bond motifs is 1. The Morgan fingerprint density at radius 3 is 2.63 bits per heavy atom. The number of amides is 2. The summed E-state index contributed by atoms with van der Waals surface area (Å²) in [6.45, 7) is 10.2. The Morgan fingerprint density at radius 1 is 1.30 bits per heavy atom. The van der Waals surface area contributed by atoms with Crippen LogP contribution in [0.2, 0.25) is 0 Å². The van der Waals surface area contributed by atoms with Crippen LogP contribution in [0, 0.1) is 5.92 Å². The molecule has 0 spiro atoms. The van der Waals surface area contributed by atoms with Gasteiger partial charge in [-0.1, -0.05) is 44.2 Å². The lowest BCUT2D eigenvalue weighted by Crippen LogP contribution is -2.55.